The van der Waals surface area contributed by atoms with Crippen LogP contribution in [0.2, 0.25) is 0 Å². The predicted octanol–water partition coefficient (Wildman–Crippen LogP) is -0.0187. The van der Waals surface area contributed by atoms with Crippen molar-refractivity contribution < 1.29 is 27.9 Å². The van der Waals surface area contributed by atoms with Gasteiger partial charge < -0.3 is 14.9 Å². The fourth-order valence-corrected chi connectivity index (χ4v) is 3.23. The molecule has 0 radical (unpaired) electrons. The minimum Gasteiger partial charge on any atom is -0.481 e. The van der Waals surface area contributed by atoms with Crippen molar-refractivity contribution in [1.82, 2.24) is 9.80 Å². The monoisotopic (exact) mass is 362 g/mol. The van der Waals surface area contributed by atoms with Crippen LogP contribution in [0.5, 0.6) is 0 Å². The van der Waals surface area contributed by atoms with Gasteiger partial charge in [-0.3, -0.25) is 14.4 Å². The lowest BCUT2D eigenvalue weighted by Crippen LogP contribution is -2.47. The average molecular weight is 362 g/mol. The molecule has 1 fully saturated rings. The Labute approximate surface area is 142 Å². The molecule has 0 aliphatic carbocycles. The summed E-state index contributed by atoms with van der Waals surface area (Å²) in [6.45, 7) is 5.01. The first-order valence-electron chi connectivity index (χ1n) is 7.82. The SMILES string of the molecule is CN(CC(=O)N1CCC(C(=O)O)CC1)C(=O)CS(=O)(=O)C(C)(C)C. The summed E-state index contributed by atoms with van der Waals surface area (Å²) in [6.07, 6.45) is 0.772. The summed E-state index contributed by atoms with van der Waals surface area (Å²) in [6, 6.07) is 0. The standard InChI is InChI=1S/C15H26N2O6S/c1-15(2,3)24(22,23)10-13(19)16(4)9-12(18)17-7-5-11(6-8-17)14(20)21/h11H,5-10H2,1-4H3,(H,20,21). The molecule has 1 heterocycles. The van der Waals surface area contributed by atoms with E-state index < -0.39 is 38.1 Å². The van der Waals surface area contributed by atoms with Crippen LogP contribution in [0.15, 0.2) is 0 Å². The molecule has 1 aliphatic rings. The second-order valence-corrected chi connectivity index (χ2v) is 9.86. The molecule has 0 spiro atoms. The van der Waals surface area contributed by atoms with Crippen LogP contribution in [-0.4, -0.2) is 78.3 Å². The Hall–Kier alpha value is -1.64. The normalized spacial score (nSPS) is 16.8. The highest BCUT2D eigenvalue weighted by atomic mass is 32.2. The van der Waals surface area contributed by atoms with Gasteiger partial charge in [-0.25, -0.2) is 8.42 Å². The van der Waals surface area contributed by atoms with Crippen molar-refractivity contribution in [3.63, 3.8) is 0 Å². The average Bonchev–Trinajstić information content (AvgIpc) is 2.45. The molecular formula is C15H26N2O6S. The number of carboxylic acids is 1. The number of aliphatic carboxylic acids is 1. The fraction of sp³-hybridized carbons (Fsp3) is 0.800. The van der Waals surface area contributed by atoms with Crippen LogP contribution in [0.25, 0.3) is 0 Å². The number of carbonyl (C=O) groups is 3. The van der Waals surface area contributed by atoms with Crippen LogP contribution < -0.4 is 0 Å². The number of hydrogen-bond donors (Lipinski definition) is 1. The van der Waals surface area contributed by atoms with Crippen LogP contribution in [0.4, 0.5) is 0 Å². The Morgan fingerprint density at radius 2 is 1.67 bits per heavy atom. The number of carbonyl (C=O) groups excluding carboxylic acids is 2. The molecule has 24 heavy (non-hydrogen) atoms. The summed E-state index contributed by atoms with van der Waals surface area (Å²) in [5.74, 6) is -2.87. The first-order chi connectivity index (χ1) is 10.8. The van der Waals surface area contributed by atoms with Crippen molar-refractivity contribution in [3.05, 3.63) is 0 Å². The van der Waals surface area contributed by atoms with Gasteiger partial charge in [0.2, 0.25) is 11.8 Å². The summed E-state index contributed by atoms with van der Waals surface area (Å²) in [5, 5.41) is 8.94. The number of carboxylic acid groups (broad SMARTS) is 1. The molecular weight excluding hydrogens is 336 g/mol. The van der Waals surface area contributed by atoms with E-state index in [0.717, 1.165) is 4.90 Å². The summed E-state index contributed by atoms with van der Waals surface area (Å²) in [5.41, 5.74) is 0. The molecule has 0 bridgehead atoms. The topological polar surface area (TPSA) is 112 Å². The lowest BCUT2D eigenvalue weighted by molar-refractivity contribution is -0.146. The van der Waals surface area contributed by atoms with E-state index in [1.807, 2.05) is 0 Å². The van der Waals surface area contributed by atoms with Gasteiger partial charge in [-0.15, -0.1) is 0 Å². The summed E-state index contributed by atoms with van der Waals surface area (Å²) in [4.78, 5) is 37.8. The number of sulfone groups is 1. The molecule has 0 saturated carbocycles. The Morgan fingerprint density at radius 3 is 2.08 bits per heavy atom. The first kappa shape index (κ1) is 20.4. The number of nitrogens with zero attached hydrogens (tertiary/aromatic N) is 2. The van der Waals surface area contributed by atoms with Gasteiger partial charge in [-0.1, -0.05) is 0 Å². The van der Waals surface area contributed by atoms with Gasteiger partial charge in [0, 0.05) is 20.1 Å². The van der Waals surface area contributed by atoms with E-state index in [1.165, 1.54) is 32.7 Å². The molecule has 1 aliphatic heterocycles. The van der Waals surface area contributed by atoms with E-state index in [2.05, 4.69) is 0 Å². The number of likely N-dealkylation sites (tertiary alicyclic amines) is 1. The first-order valence-corrected chi connectivity index (χ1v) is 9.47. The number of rotatable bonds is 5. The smallest absolute Gasteiger partial charge is 0.306 e. The van der Waals surface area contributed by atoms with Gasteiger partial charge in [0.25, 0.3) is 0 Å². The largest absolute Gasteiger partial charge is 0.481 e. The van der Waals surface area contributed by atoms with Gasteiger partial charge in [0.15, 0.2) is 9.84 Å². The van der Waals surface area contributed by atoms with E-state index in [9.17, 15) is 22.8 Å². The van der Waals surface area contributed by atoms with Crippen LogP contribution >= 0.6 is 0 Å². The molecule has 1 N–H and O–H groups in total. The third-order valence-electron chi connectivity index (χ3n) is 4.24. The van der Waals surface area contributed by atoms with Gasteiger partial charge >= 0.3 is 5.97 Å². The van der Waals surface area contributed by atoms with Gasteiger partial charge in [0.05, 0.1) is 17.2 Å². The number of amides is 2. The van der Waals surface area contributed by atoms with Crippen molar-refractivity contribution in [2.45, 2.75) is 38.4 Å². The van der Waals surface area contributed by atoms with Crippen LogP contribution in [-0.2, 0) is 24.2 Å². The molecule has 0 aromatic heterocycles. The zero-order valence-electron chi connectivity index (χ0n) is 14.6. The maximum atomic E-state index is 12.2. The zero-order chi connectivity index (χ0) is 18.7. The minimum absolute atomic E-state index is 0.212. The third-order valence-corrected chi connectivity index (χ3v) is 6.73. The molecule has 8 nitrogen and oxygen atoms in total. The fourth-order valence-electron chi connectivity index (χ4n) is 2.26. The van der Waals surface area contributed by atoms with Crippen LogP contribution in [0, 0.1) is 5.92 Å². The van der Waals surface area contributed by atoms with Crippen LogP contribution in [0.3, 0.4) is 0 Å². The highest BCUT2D eigenvalue weighted by molar-refractivity contribution is 7.93. The zero-order valence-corrected chi connectivity index (χ0v) is 15.4. The number of likely N-dealkylation sites (N-methyl/N-ethyl adjacent to an activating group) is 1. The molecule has 0 aromatic carbocycles. The minimum atomic E-state index is -3.60. The molecule has 1 rings (SSSR count). The van der Waals surface area contributed by atoms with Gasteiger partial charge in [-0.05, 0) is 33.6 Å². The van der Waals surface area contributed by atoms with Crippen molar-refractivity contribution in [2.75, 3.05) is 32.4 Å². The Kier molecular flexibility index (Phi) is 6.38. The number of hydrogen-bond acceptors (Lipinski definition) is 5. The molecule has 0 unspecified atom stereocenters. The highest BCUT2D eigenvalue weighted by Gasteiger charge is 2.33. The van der Waals surface area contributed by atoms with Crippen molar-refractivity contribution in [3.8, 4) is 0 Å². The number of piperidine rings is 1. The molecule has 2 amide bonds. The van der Waals surface area contributed by atoms with E-state index in [-0.39, 0.29) is 12.5 Å². The van der Waals surface area contributed by atoms with E-state index in [4.69, 9.17) is 5.11 Å². The highest BCUT2D eigenvalue weighted by Crippen LogP contribution is 2.18. The van der Waals surface area contributed by atoms with E-state index in [0.29, 0.717) is 25.9 Å². The second-order valence-electron chi connectivity index (χ2n) is 7.11. The molecule has 1 saturated heterocycles. The van der Waals surface area contributed by atoms with E-state index >= 15 is 0 Å². The molecule has 138 valence electrons. The van der Waals surface area contributed by atoms with Gasteiger partial charge in [-0.2, -0.15) is 0 Å². The van der Waals surface area contributed by atoms with Crippen molar-refractivity contribution in [2.24, 2.45) is 5.92 Å². The molecule has 0 atom stereocenters. The summed E-state index contributed by atoms with van der Waals surface area (Å²) >= 11 is 0. The molecule has 9 heteroatoms. The van der Waals surface area contributed by atoms with Crippen molar-refractivity contribution in [1.29, 1.82) is 0 Å². The van der Waals surface area contributed by atoms with Crippen LogP contribution in [0.1, 0.15) is 33.6 Å². The quantitative estimate of drug-likeness (QED) is 0.736. The second kappa shape index (κ2) is 7.50. The van der Waals surface area contributed by atoms with Crippen molar-refractivity contribution >= 4 is 27.6 Å². The Balaban J connectivity index is 2.56. The Bertz CT molecular complexity index is 600. The van der Waals surface area contributed by atoms with E-state index in [1.54, 1.807) is 0 Å². The summed E-state index contributed by atoms with van der Waals surface area (Å²) < 4.78 is 23.1. The third kappa shape index (κ3) is 5.19. The summed E-state index contributed by atoms with van der Waals surface area (Å²) in [7, 11) is -2.21. The maximum absolute atomic E-state index is 12.2. The predicted molar refractivity (Wildman–Crippen MR) is 88.1 cm³/mol. The Morgan fingerprint density at radius 1 is 1.17 bits per heavy atom. The molecule has 0 aromatic rings. The maximum Gasteiger partial charge on any atom is 0.306 e. The lowest BCUT2D eigenvalue weighted by atomic mass is 9.97. The lowest BCUT2D eigenvalue weighted by Gasteiger charge is -2.31. The van der Waals surface area contributed by atoms with Gasteiger partial charge in [0.1, 0.15) is 5.75 Å².